The van der Waals surface area contributed by atoms with Gasteiger partial charge in [0.15, 0.2) is 0 Å². The molecule has 2 unspecified atom stereocenters. The van der Waals surface area contributed by atoms with Crippen LogP contribution in [0.4, 0.5) is 5.69 Å². The number of H-pyrrole nitrogens is 1. The Balaban J connectivity index is 1.66. The van der Waals surface area contributed by atoms with Crippen molar-refractivity contribution in [2.45, 2.75) is 31.6 Å². The number of nitrogens with zero attached hydrogens (tertiary/aromatic N) is 2. The van der Waals surface area contributed by atoms with Crippen molar-refractivity contribution < 1.29 is 9.53 Å². The number of methoxy groups -OCH3 is 1. The van der Waals surface area contributed by atoms with Crippen molar-refractivity contribution >= 4 is 11.6 Å². The van der Waals surface area contributed by atoms with E-state index in [9.17, 15) is 4.79 Å². The minimum Gasteiger partial charge on any atom is -0.497 e. The van der Waals surface area contributed by atoms with Crippen molar-refractivity contribution in [3.8, 4) is 5.75 Å². The monoisotopic (exact) mass is 371 g/mol. The van der Waals surface area contributed by atoms with E-state index < -0.39 is 0 Å². The summed E-state index contributed by atoms with van der Waals surface area (Å²) in [4.78, 5) is 13.9. The molecule has 2 heterocycles. The molecule has 146 valence electrons. The molecule has 0 bridgehead atoms. The number of aromatic amines is 1. The Morgan fingerprint density at radius 3 is 2.89 bits per heavy atom. The molecule has 1 aromatic carbocycles. The van der Waals surface area contributed by atoms with Crippen LogP contribution >= 0.6 is 0 Å². The number of likely N-dealkylation sites (tertiary alicyclic amines) is 1. The average Bonchev–Trinajstić information content (AvgIpc) is 3.14. The number of nitrogens with two attached hydrogens (primary N) is 1. The molecule has 2 aromatic rings. The lowest BCUT2D eigenvalue weighted by Gasteiger charge is -2.35. The number of nitrogens with one attached hydrogen (secondary N) is 2. The van der Waals surface area contributed by atoms with Gasteiger partial charge < -0.3 is 20.7 Å². The Labute approximate surface area is 160 Å². The van der Waals surface area contributed by atoms with Crippen LogP contribution in [0.15, 0.2) is 30.5 Å². The van der Waals surface area contributed by atoms with Crippen molar-refractivity contribution in [3.63, 3.8) is 0 Å². The zero-order valence-electron chi connectivity index (χ0n) is 16.1. The highest BCUT2D eigenvalue weighted by Gasteiger charge is 2.26. The molecule has 7 heteroatoms. The summed E-state index contributed by atoms with van der Waals surface area (Å²) in [6.45, 7) is 5.04. The van der Waals surface area contributed by atoms with E-state index in [1.807, 2.05) is 12.1 Å². The van der Waals surface area contributed by atoms with E-state index in [-0.39, 0.29) is 11.8 Å². The van der Waals surface area contributed by atoms with Crippen LogP contribution < -0.4 is 15.8 Å². The number of anilines is 1. The van der Waals surface area contributed by atoms with E-state index in [1.165, 1.54) is 12.5 Å². The van der Waals surface area contributed by atoms with Gasteiger partial charge >= 0.3 is 0 Å². The summed E-state index contributed by atoms with van der Waals surface area (Å²) in [5, 5.41) is 10.1. The van der Waals surface area contributed by atoms with Crippen LogP contribution in [0.5, 0.6) is 5.75 Å². The number of piperidine rings is 1. The average molecular weight is 371 g/mol. The Hall–Kier alpha value is -2.38. The number of hydrogen-bond donors (Lipinski definition) is 3. The molecule has 1 aromatic heterocycles. The highest BCUT2D eigenvalue weighted by Crippen LogP contribution is 2.31. The number of carbonyl (C=O) groups excluding carboxylic acids is 1. The van der Waals surface area contributed by atoms with Gasteiger partial charge in [-0.25, -0.2) is 0 Å². The molecule has 27 heavy (non-hydrogen) atoms. The van der Waals surface area contributed by atoms with Crippen LogP contribution in [0.3, 0.4) is 0 Å². The molecule has 1 fully saturated rings. The molecule has 0 saturated carbocycles. The first-order valence-electron chi connectivity index (χ1n) is 9.48. The van der Waals surface area contributed by atoms with Gasteiger partial charge in [0.05, 0.1) is 24.7 Å². The highest BCUT2D eigenvalue weighted by molar-refractivity contribution is 5.89. The molecule has 0 aliphatic carbocycles. The Kier molecular flexibility index (Phi) is 6.47. The zero-order chi connectivity index (χ0) is 19.2. The molecular formula is C20H29N5O2. The van der Waals surface area contributed by atoms with Crippen molar-refractivity contribution in [2.24, 2.45) is 5.73 Å². The largest absolute Gasteiger partial charge is 0.497 e. The van der Waals surface area contributed by atoms with E-state index in [4.69, 9.17) is 10.5 Å². The maximum absolute atomic E-state index is 11.4. The Bertz CT molecular complexity index is 743. The molecule has 0 spiro atoms. The van der Waals surface area contributed by atoms with Crippen molar-refractivity contribution in [1.82, 2.24) is 15.1 Å². The number of rotatable bonds is 7. The van der Waals surface area contributed by atoms with Gasteiger partial charge in [0, 0.05) is 38.4 Å². The number of hydrogen-bond acceptors (Lipinski definition) is 5. The lowest BCUT2D eigenvalue weighted by Crippen LogP contribution is -2.39. The molecule has 1 saturated heterocycles. The molecule has 1 aliphatic rings. The molecule has 7 nitrogen and oxygen atoms in total. The summed E-state index contributed by atoms with van der Waals surface area (Å²) in [5.74, 6) is 1.40. The summed E-state index contributed by atoms with van der Waals surface area (Å²) in [7, 11) is 1.67. The summed E-state index contributed by atoms with van der Waals surface area (Å²) < 4.78 is 5.25. The smallest absolute Gasteiger partial charge is 0.221 e. The van der Waals surface area contributed by atoms with Gasteiger partial charge in [-0.15, -0.1) is 0 Å². The molecule has 2 atom stereocenters. The van der Waals surface area contributed by atoms with Gasteiger partial charge in [0.2, 0.25) is 5.91 Å². The summed E-state index contributed by atoms with van der Waals surface area (Å²) in [6, 6.07) is 8.17. The fourth-order valence-electron chi connectivity index (χ4n) is 3.86. The van der Waals surface area contributed by atoms with E-state index in [2.05, 4.69) is 32.5 Å². The summed E-state index contributed by atoms with van der Waals surface area (Å²) >= 11 is 0. The minimum absolute atomic E-state index is 0.0759. The fourth-order valence-corrected chi connectivity index (χ4v) is 3.86. The molecule has 1 amide bonds. The van der Waals surface area contributed by atoms with E-state index >= 15 is 0 Å². The van der Waals surface area contributed by atoms with Crippen LogP contribution in [0, 0.1) is 0 Å². The quantitative estimate of drug-likeness (QED) is 0.694. The van der Waals surface area contributed by atoms with Crippen LogP contribution in [0.1, 0.15) is 42.9 Å². The second kappa shape index (κ2) is 9.01. The fraction of sp³-hybridized carbons (Fsp3) is 0.500. The van der Waals surface area contributed by atoms with Gasteiger partial charge in [-0.2, -0.15) is 5.10 Å². The van der Waals surface area contributed by atoms with E-state index in [1.54, 1.807) is 13.3 Å². The maximum Gasteiger partial charge on any atom is 0.221 e. The molecular weight excluding hydrogens is 342 g/mol. The number of aromatic nitrogens is 2. The van der Waals surface area contributed by atoms with Gasteiger partial charge in [-0.05, 0) is 37.1 Å². The van der Waals surface area contributed by atoms with Crippen molar-refractivity contribution in [2.75, 3.05) is 38.6 Å². The standard InChI is InChI=1S/C20H29N5O2/c1-14(26)23-19-11-22-24-20(19)16-4-3-9-25(12-16)13-17(10-21)15-5-7-18(27-2)8-6-15/h5-8,11,16-17H,3-4,9-10,12-13,21H2,1-2H3,(H,22,24)(H,23,26). The SMILES string of the molecule is COc1ccc(C(CN)CN2CCCC(c3[nH]ncc3NC(C)=O)C2)cc1. The van der Waals surface area contributed by atoms with E-state index in [0.717, 1.165) is 49.6 Å². The summed E-state index contributed by atoms with van der Waals surface area (Å²) in [6.07, 6.45) is 3.89. The van der Waals surface area contributed by atoms with Gasteiger partial charge in [-0.1, -0.05) is 12.1 Å². The Morgan fingerprint density at radius 2 is 2.22 bits per heavy atom. The predicted octanol–water partition coefficient (Wildman–Crippen LogP) is 2.30. The first-order valence-corrected chi connectivity index (χ1v) is 9.48. The minimum atomic E-state index is -0.0759. The van der Waals surface area contributed by atoms with Crippen molar-refractivity contribution in [1.29, 1.82) is 0 Å². The Morgan fingerprint density at radius 1 is 1.44 bits per heavy atom. The molecule has 4 N–H and O–H groups in total. The van der Waals surface area contributed by atoms with Crippen LogP contribution in [-0.2, 0) is 4.79 Å². The third-order valence-corrected chi connectivity index (χ3v) is 5.24. The number of carbonyl (C=O) groups is 1. The number of benzene rings is 1. The van der Waals surface area contributed by atoms with Crippen LogP contribution in [0.2, 0.25) is 0 Å². The number of ether oxygens (including phenoxy) is 1. The first-order chi connectivity index (χ1) is 13.1. The van der Waals surface area contributed by atoms with Crippen molar-refractivity contribution in [3.05, 3.63) is 41.7 Å². The van der Waals surface area contributed by atoms with Gasteiger partial charge in [0.25, 0.3) is 0 Å². The molecule has 1 aliphatic heterocycles. The third-order valence-electron chi connectivity index (χ3n) is 5.24. The van der Waals surface area contributed by atoms with Gasteiger partial charge in [0.1, 0.15) is 5.75 Å². The highest BCUT2D eigenvalue weighted by atomic mass is 16.5. The topological polar surface area (TPSA) is 96.3 Å². The maximum atomic E-state index is 11.4. The first kappa shape index (κ1) is 19.4. The predicted molar refractivity (Wildman–Crippen MR) is 106 cm³/mol. The zero-order valence-corrected chi connectivity index (χ0v) is 16.1. The lowest BCUT2D eigenvalue weighted by atomic mass is 9.92. The second-order valence-corrected chi connectivity index (χ2v) is 7.18. The third kappa shape index (κ3) is 4.87. The normalized spacial score (nSPS) is 18.9. The van der Waals surface area contributed by atoms with Crippen LogP contribution in [-0.4, -0.2) is 54.3 Å². The summed E-state index contributed by atoms with van der Waals surface area (Å²) in [5.41, 5.74) is 9.12. The van der Waals surface area contributed by atoms with Gasteiger partial charge in [-0.3, -0.25) is 9.89 Å². The van der Waals surface area contributed by atoms with E-state index in [0.29, 0.717) is 12.5 Å². The molecule has 0 radical (unpaired) electrons. The van der Waals surface area contributed by atoms with Crippen LogP contribution in [0.25, 0.3) is 0 Å². The molecule has 3 rings (SSSR count). The second-order valence-electron chi connectivity index (χ2n) is 7.18. The number of amides is 1. The lowest BCUT2D eigenvalue weighted by molar-refractivity contribution is -0.114.